The van der Waals surface area contributed by atoms with Crippen LogP contribution in [0.25, 0.3) is 11.0 Å². The maximum absolute atomic E-state index is 8.10. The third-order valence-corrected chi connectivity index (χ3v) is 4.33. The van der Waals surface area contributed by atoms with Crippen LogP contribution in [0.15, 0.2) is 30.2 Å². The normalized spacial score (nSPS) is 31.5. The van der Waals surface area contributed by atoms with E-state index in [9.17, 15) is 0 Å². The lowest BCUT2D eigenvalue weighted by atomic mass is 10.0. The minimum absolute atomic E-state index is 0.106. The van der Waals surface area contributed by atoms with Crippen molar-refractivity contribution in [1.82, 2.24) is 14.5 Å². The van der Waals surface area contributed by atoms with Gasteiger partial charge in [0.05, 0.1) is 11.7 Å². The third-order valence-electron chi connectivity index (χ3n) is 4.33. The molecule has 2 heterocycles. The van der Waals surface area contributed by atoms with E-state index in [1.54, 1.807) is 6.33 Å². The van der Waals surface area contributed by atoms with Crippen molar-refractivity contribution in [2.45, 2.75) is 38.6 Å². The molecule has 2 aromatic rings. The van der Waals surface area contributed by atoms with E-state index in [0.29, 0.717) is 12.0 Å². The molecule has 1 saturated carbocycles. The Hall–Kier alpha value is -1.64. The van der Waals surface area contributed by atoms with E-state index in [2.05, 4.69) is 32.9 Å². The molecule has 0 aromatic carbocycles. The maximum atomic E-state index is 8.10. The molecule has 0 radical (unpaired) electrons. The van der Waals surface area contributed by atoms with Gasteiger partial charge in [0.2, 0.25) is 0 Å². The second-order valence-corrected chi connectivity index (χ2v) is 5.34. The second kappa shape index (κ2) is 3.67. The van der Waals surface area contributed by atoms with Gasteiger partial charge in [-0.15, -0.1) is 0 Å². The SMILES string of the molecule is [3H][C@H]1CCC2=C[C@H](n3ccc4c(C)ncnc43)C[C@@H]21. The lowest BCUT2D eigenvalue weighted by Crippen LogP contribution is -2.05. The van der Waals surface area contributed by atoms with E-state index in [1.165, 1.54) is 5.57 Å². The Labute approximate surface area is 108 Å². The first-order valence-electron chi connectivity index (χ1n) is 7.23. The predicted octanol–water partition coefficient (Wildman–Crippen LogP) is 3.41. The Kier molecular flexibility index (Phi) is 1.90. The molecular weight excluding hydrogens is 222 g/mol. The van der Waals surface area contributed by atoms with E-state index in [-0.39, 0.29) is 6.40 Å². The first-order chi connectivity index (χ1) is 9.24. The molecule has 0 bridgehead atoms. The topological polar surface area (TPSA) is 30.7 Å². The number of allylic oxidation sites excluding steroid dienone is 2. The molecule has 2 aromatic heterocycles. The van der Waals surface area contributed by atoms with Crippen molar-refractivity contribution in [3.05, 3.63) is 35.9 Å². The first-order valence-corrected chi connectivity index (χ1v) is 6.65. The van der Waals surface area contributed by atoms with Gasteiger partial charge in [-0.25, -0.2) is 9.97 Å². The number of nitrogens with zero attached hydrogens (tertiary/aromatic N) is 3. The molecule has 3 heteroatoms. The molecule has 0 saturated heterocycles. The molecule has 18 heavy (non-hydrogen) atoms. The van der Waals surface area contributed by atoms with Crippen molar-refractivity contribution in [2.75, 3.05) is 0 Å². The van der Waals surface area contributed by atoms with Crippen LogP contribution in [0.2, 0.25) is 0 Å². The van der Waals surface area contributed by atoms with Crippen molar-refractivity contribution >= 4 is 11.0 Å². The van der Waals surface area contributed by atoms with Gasteiger partial charge in [-0.05, 0) is 44.6 Å². The summed E-state index contributed by atoms with van der Waals surface area (Å²) in [7, 11) is 0. The van der Waals surface area contributed by atoms with Gasteiger partial charge in [0.1, 0.15) is 12.0 Å². The van der Waals surface area contributed by atoms with Crippen LogP contribution in [-0.2, 0) is 0 Å². The standard InChI is InChI=1S/C15H17N3/c1-10-14-5-6-18(15(14)17-9-16-10)13-7-11-3-2-4-12(11)8-13/h5-7,9,12-13H,2-4,8H2,1H3/t12-,13-/m0/s1/i4T/t4-,12-,13-. The smallest absolute Gasteiger partial charge is 0.144 e. The number of rotatable bonds is 1. The highest BCUT2D eigenvalue weighted by molar-refractivity contribution is 5.78. The molecule has 4 rings (SSSR count). The van der Waals surface area contributed by atoms with Crippen LogP contribution >= 0.6 is 0 Å². The minimum atomic E-state index is 0.106. The Morgan fingerprint density at radius 2 is 2.39 bits per heavy atom. The fourth-order valence-electron chi connectivity index (χ4n) is 3.38. The quantitative estimate of drug-likeness (QED) is 0.716. The number of hydrogen-bond acceptors (Lipinski definition) is 2. The number of aromatic nitrogens is 3. The summed E-state index contributed by atoms with van der Waals surface area (Å²) in [6.45, 7) is 2.02. The van der Waals surface area contributed by atoms with Crippen LogP contribution in [0, 0.1) is 12.8 Å². The van der Waals surface area contributed by atoms with Crippen LogP contribution in [0.5, 0.6) is 0 Å². The third kappa shape index (κ3) is 1.36. The number of hydrogen-bond donors (Lipinski definition) is 0. The average molecular weight is 241 g/mol. The van der Waals surface area contributed by atoms with E-state index >= 15 is 0 Å². The van der Waals surface area contributed by atoms with E-state index < -0.39 is 0 Å². The van der Waals surface area contributed by atoms with Gasteiger partial charge in [0, 0.05) is 13.0 Å². The van der Waals surface area contributed by atoms with Gasteiger partial charge in [0.25, 0.3) is 0 Å². The van der Waals surface area contributed by atoms with Crippen LogP contribution in [0.4, 0.5) is 0 Å². The minimum Gasteiger partial charge on any atom is -0.325 e. The van der Waals surface area contributed by atoms with Gasteiger partial charge < -0.3 is 4.57 Å². The van der Waals surface area contributed by atoms with Gasteiger partial charge in [-0.1, -0.05) is 11.6 Å². The molecule has 3 atom stereocenters. The fourth-order valence-corrected chi connectivity index (χ4v) is 3.38. The van der Waals surface area contributed by atoms with Crippen molar-refractivity contribution < 1.29 is 1.37 Å². The summed E-state index contributed by atoms with van der Waals surface area (Å²) < 4.78 is 10.3. The van der Waals surface area contributed by atoms with Gasteiger partial charge in [-0.2, -0.15) is 0 Å². The molecular formula is C15H17N3. The van der Waals surface area contributed by atoms with E-state index in [4.69, 9.17) is 1.37 Å². The fraction of sp³-hybridized carbons (Fsp3) is 0.467. The molecule has 2 aliphatic carbocycles. The molecule has 92 valence electrons. The molecule has 0 N–H and O–H groups in total. The summed E-state index contributed by atoms with van der Waals surface area (Å²) in [4.78, 5) is 8.68. The summed E-state index contributed by atoms with van der Waals surface area (Å²) in [6.07, 6.45) is 9.46. The Bertz CT molecular complexity index is 673. The largest absolute Gasteiger partial charge is 0.325 e. The zero-order chi connectivity index (χ0) is 13.0. The van der Waals surface area contributed by atoms with Crippen molar-refractivity contribution in [3.8, 4) is 0 Å². The van der Waals surface area contributed by atoms with E-state index in [1.807, 2.05) is 6.92 Å². The lowest BCUT2D eigenvalue weighted by molar-refractivity contribution is 0.503. The Morgan fingerprint density at radius 3 is 3.28 bits per heavy atom. The van der Waals surface area contributed by atoms with Crippen LogP contribution in [-0.4, -0.2) is 14.5 Å². The molecule has 0 aliphatic heterocycles. The molecule has 0 spiro atoms. The Balaban J connectivity index is 1.77. The van der Waals surface area contributed by atoms with Gasteiger partial charge in [-0.3, -0.25) is 0 Å². The van der Waals surface area contributed by atoms with Gasteiger partial charge >= 0.3 is 0 Å². The summed E-state index contributed by atoms with van der Waals surface area (Å²) >= 11 is 0. The van der Waals surface area contributed by atoms with Crippen LogP contribution in [0.1, 0.15) is 38.8 Å². The number of aryl methyl sites for hydroxylation is 1. The predicted molar refractivity (Wildman–Crippen MR) is 71.3 cm³/mol. The zero-order valence-corrected chi connectivity index (χ0v) is 10.5. The summed E-state index contributed by atoms with van der Waals surface area (Å²) in [6, 6.07) is 2.48. The van der Waals surface area contributed by atoms with Crippen molar-refractivity contribution in [2.24, 2.45) is 5.92 Å². The van der Waals surface area contributed by atoms with Crippen LogP contribution < -0.4 is 0 Å². The molecule has 0 amide bonds. The lowest BCUT2D eigenvalue weighted by Gasteiger charge is -2.13. The Morgan fingerprint density at radius 1 is 1.44 bits per heavy atom. The average Bonchev–Trinajstić information content (AvgIpc) is 3.05. The molecule has 3 nitrogen and oxygen atoms in total. The van der Waals surface area contributed by atoms with E-state index in [0.717, 1.165) is 36.0 Å². The summed E-state index contributed by atoms with van der Waals surface area (Å²) in [5, 5.41) is 1.14. The van der Waals surface area contributed by atoms with Crippen LogP contribution in [0.3, 0.4) is 0 Å². The highest BCUT2D eigenvalue weighted by Crippen LogP contribution is 2.44. The highest BCUT2D eigenvalue weighted by Gasteiger charge is 2.31. The molecule has 1 fully saturated rings. The number of fused-ring (bicyclic) bond motifs is 2. The summed E-state index contributed by atoms with van der Waals surface area (Å²) in [5.41, 5.74) is 3.56. The van der Waals surface area contributed by atoms with Crippen molar-refractivity contribution in [1.29, 1.82) is 0 Å². The second-order valence-electron chi connectivity index (χ2n) is 5.34. The zero-order valence-electron chi connectivity index (χ0n) is 11.5. The monoisotopic (exact) mass is 241 g/mol. The van der Waals surface area contributed by atoms with Crippen molar-refractivity contribution in [3.63, 3.8) is 0 Å². The highest BCUT2D eigenvalue weighted by atomic mass is 15.1. The van der Waals surface area contributed by atoms with Gasteiger partial charge in [0.15, 0.2) is 0 Å². The molecule has 0 unspecified atom stereocenters. The maximum Gasteiger partial charge on any atom is 0.144 e. The first kappa shape index (κ1) is 9.31. The molecule has 2 aliphatic rings. The summed E-state index contributed by atoms with van der Waals surface area (Å²) in [5.74, 6) is 0.477.